The van der Waals surface area contributed by atoms with E-state index in [9.17, 15) is 9.59 Å². The third-order valence-corrected chi connectivity index (χ3v) is 5.38. The normalized spacial score (nSPS) is 13.0. The van der Waals surface area contributed by atoms with Crippen LogP contribution in [0.15, 0.2) is 48.6 Å². The molecule has 0 rings (SSSR count). The molecule has 1 unspecified atom stereocenters. The molecule has 1 N–H and O–H groups in total. The van der Waals surface area contributed by atoms with E-state index in [0.717, 1.165) is 44.9 Å². The lowest BCUT2D eigenvalue weighted by Gasteiger charge is -2.13. The van der Waals surface area contributed by atoms with Crippen molar-refractivity contribution >= 4 is 11.9 Å². The number of hydrogen-bond acceptors (Lipinski definition) is 3. The Hall–Kier alpha value is -2.10. The van der Waals surface area contributed by atoms with E-state index in [1.54, 1.807) is 0 Å². The molecule has 0 spiro atoms. The first kappa shape index (κ1) is 30.9. The number of carboxylic acid groups (broad SMARTS) is 1. The lowest BCUT2D eigenvalue weighted by molar-refractivity contribution is -0.153. The number of carboxylic acids is 1. The maximum Gasteiger partial charge on any atom is 0.307 e. The van der Waals surface area contributed by atoms with E-state index in [1.807, 2.05) is 6.92 Å². The van der Waals surface area contributed by atoms with Crippen LogP contribution in [-0.4, -0.2) is 23.1 Å². The van der Waals surface area contributed by atoms with E-state index in [-0.39, 0.29) is 12.4 Å². The van der Waals surface area contributed by atoms with E-state index >= 15 is 0 Å². The standard InChI is InChI=1S/C29H48O4/c1-3-5-6-7-8-9-10-11-12-13-14-15-16-17-18-19-20-21-22-23-24-25-29(32)33-27(4-2)26-28(30)31/h5-6,8-9,11-12,14-15,27H,3-4,7,10,13,16-26H2,1-2H3,(H,30,31)/b6-5-,9-8-,12-11-,15-14-. The molecule has 0 saturated heterocycles. The number of rotatable bonds is 22. The van der Waals surface area contributed by atoms with Gasteiger partial charge in [0.25, 0.3) is 0 Å². The van der Waals surface area contributed by atoms with Crippen LogP contribution in [0.2, 0.25) is 0 Å². The second kappa shape index (κ2) is 24.5. The van der Waals surface area contributed by atoms with Crippen molar-refractivity contribution < 1.29 is 19.4 Å². The maximum atomic E-state index is 11.8. The number of hydrogen-bond donors (Lipinski definition) is 1. The highest BCUT2D eigenvalue weighted by Crippen LogP contribution is 2.12. The van der Waals surface area contributed by atoms with Crippen LogP contribution in [0, 0.1) is 0 Å². The Morgan fingerprint density at radius 1 is 0.697 bits per heavy atom. The first-order valence-corrected chi connectivity index (χ1v) is 13.1. The predicted octanol–water partition coefficient (Wildman–Crippen LogP) is 8.49. The number of carbonyl (C=O) groups is 2. The number of esters is 1. The minimum absolute atomic E-state index is 0.107. The van der Waals surface area contributed by atoms with Gasteiger partial charge in [0, 0.05) is 6.42 Å². The molecule has 0 bridgehead atoms. The van der Waals surface area contributed by atoms with Gasteiger partial charge in [0.15, 0.2) is 0 Å². The number of aliphatic carboxylic acids is 1. The molecule has 0 heterocycles. The van der Waals surface area contributed by atoms with Crippen molar-refractivity contribution in [2.45, 2.75) is 123 Å². The molecule has 0 aliphatic carbocycles. The Balaban J connectivity index is 3.44. The van der Waals surface area contributed by atoms with Gasteiger partial charge >= 0.3 is 11.9 Å². The van der Waals surface area contributed by atoms with Crippen LogP contribution in [0.25, 0.3) is 0 Å². The lowest BCUT2D eigenvalue weighted by atomic mass is 10.1. The zero-order valence-corrected chi connectivity index (χ0v) is 21.2. The monoisotopic (exact) mass is 460 g/mol. The van der Waals surface area contributed by atoms with Gasteiger partial charge in [0.2, 0.25) is 0 Å². The fourth-order valence-electron chi connectivity index (χ4n) is 3.40. The van der Waals surface area contributed by atoms with Crippen molar-refractivity contribution in [1.29, 1.82) is 0 Å². The average Bonchev–Trinajstić information content (AvgIpc) is 2.79. The van der Waals surface area contributed by atoms with Crippen LogP contribution in [-0.2, 0) is 14.3 Å². The second-order valence-corrected chi connectivity index (χ2v) is 8.49. The molecule has 0 aromatic rings. The number of allylic oxidation sites excluding steroid dienone is 8. The number of unbranched alkanes of at least 4 members (excludes halogenated alkanes) is 8. The summed E-state index contributed by atoms with van der Waals surface area (Å²) < 4.78 is 5.22. The van der Waals surface area contributed by atoms with Crippen molar-refractivity contribution in [3.63, 3.8) is 0 Å². The summed E-state index contributed by atoms with van der Waals surface area (Å²) in [7, 11) is 0. The van der Waals surface area contributed by atoms with Gasteiger partial charge in [-0.2, -0.15) is 0 Å². The van der Waals surface area contributed by atoms with Crippen molar-refractivity contribution in [1.82, 2.24) is 0 Å². The molecule has 33 heavy (non-hydrogen) atoms. The fourth-order valence-corrected chi connectivity index (χ4v) is 3.40. The minimum Gasteiger partial charge on any atom is -0.481 e. The Labute approximate surface area is 202 Å². The van der Waals surface area contributed by atoms with E-state index in [0.29, 0.717) is 12.8 Å². The molecule has 4 heteroatoms. The second-order valence-electron chi connectivity index (χ2n) is 8.49. The molecule has 0 aliphatic rings. The summed E-state index contributed by atoms with van der Waals surface area (Å²) in [5.74, 6) is -1.19. The van der Waals surface area contributed by atoms with Crippen molar-refractivity contribution in [3.8, 4) is 0 Å². The Morgan fingerprint density at radius 2 is 1.18 bits per heavy atom. The van der Waals surface area contributed by atoms with Gasteiger partial charge in [0.05, 0.1) is 6.42 Å². The van der Waals surface area contributed by atoms with Gasteiger partial charge in [0.1, 0.15) is 6.10 Å². The van der Waals surface area contributed by atoms with E-state index < -0.39 is 12.1 Å². The smallest absolute Gasteiger partial charge is 0.307 e. The third-order valence-electron chi connectivity index (χ3n) is 5.38. The van der Waals surface area contributed by atoms with Gasteiger partial charge in [-0.1, -0.05) is 101 Å². The molecule has 4 nitrogen and oxygen atoms in total. The summed E-state index contributed by atoms with van der Waals surface area (Å²) >= 11 is 0. The van der Waals surface area contributed by atoms with Gasteiger partial charge in [-0.25, -0.2) is 0 Å². The van der Waals surface area contributed by atoms with Gasteiger partial charge in [-0.05, 0) is 51.4 Å². The van der Waals surface area contributed by atoms with Gasteiger partial charge in [-0.15, -0.1) is 0 Å². The van der Waals surface area contributed by atoms with Crippen LogP contribution in [0.4, 0.5) is 0 Å². The topological polar surface area (TPSA) is 63.6 Å². The molecule has 0 aliphatic heterocycles. The molecule has 0 saturated carbocycles. The maximum absolute atomic E-state index is 11.8. The van der Waals surface area contributed by atoms with Gasteiger partial charge < -0.3 is 9.84 Å². The molecule has 0 aromatic carbocycles. The zero-order valence-electron chi connectivity index (χ0n) is 21.2. The van der Waals surface area contributed by atoms with Crippen molar-refractivity contribution in [2.24, 2.45) is 0 Å². The largest absolute Gasteiger partial charge is 0.481 e. The van der Waals surface area contributed by atoms with E-state index in [4.69, 9.17) is 9.84 Å². The highest BCUT2D eigenvalue weighted by Gasteiger charge is 2.15. The predicted molar refractivity (Wildman–Crippen MR) is 139 cm³/mol. The van der Waals surface area contributed by atoms with Crippen LogP contribution in [0.3, 0.4) is 0 Å². The summed E-state index contributed by atoms with van der Waals surface area (Å²) in [6.45, 7) is 3.99. The molecule has 1 atom stereocenters. The number of carbonyl (C=O) groups excluding carboxylic acids is 1. The van der Waals surface area contributed by atoms with Crippen LogP contribution in [0.1, 0.15) is 117 Å². The Morgan fingerprint density at radius 3 is 1.70 bits per heavy atom. The van der Waals surface area contributed by atoms with Crippen molar-refractivity contribution in [2.75, 3.05) is 0 Å². The SMILES string of the molecule is CC/C=C\C/C=C\C/C=C\C/C=C\CCCCCCCCCCC(=O)OC(CC)CC(=O)O. The zero-order chi connectivity index (χ0) is 24.4. The molecule has 0 aromatic heterocycles. The molecule has 0 radical (unpaired) electrons. The molecule has 0 fully saturated rings. The molecular weight excluding hydrogens is 412 g/mol. The van der Waals surface area contributed by atoms with Crippen LogP contribution >= 0.6 is 0 Å². The number of ether oxygens (including phenoxy) is 1. The summed E-state index contributed by atoms with van der Waals surface area (Å²) in [5.41, 5.74) is 0. The third kappa shape index (κ3) is 24.4. The Kier molecular flexibility index (Phi) is 23.0. The van der Waals surface area contributed by atoms with Crippen LogP contribution in [0.5, 0.6) is 0 Å². The highest BCUT2D eigenvalue weighted by molar-refractivity contribution is 5.71. The molecule has 0 amide bonds. The lowest BCUT2D eigenvalue weighted by Crippen LogP contribution is -2.20. The Bertz CT molecular complexity index is 586. The summed E-state index contributed by atoms with van der Waals surface area (Å²) in [4.78, 5) is 22.5. The summed E-state index contributed by atoms with van der Waals surface area (Å²) in [5, 5.41) is 8.78. The van der Waals surface area contributed by atoms with E-state index in [2.05, 4.69) is 55.5 Å². The van der Waals surface area contributed by atoms with Crippen molar-refractivity contribution in [3.05, 3.63) is 48.6 Å². The van der Waals surface area contributed by atoms with Crippen LogP contribution < -0.4 is 0 Å². The summed E-state index contributed by atoms with van der Waals surface area (Å²) in [6.07, 6.45) is 32.9. The average molecular weight is 461 g/mol. The highest BCUT2D eigenvalue weighted by atomic mass is 16.5. The quantitative estimate of drug-likeness (QED) is 0.0999. The van der Waals surface area contributed by atoms with E-state index in [1.165, 1.54) is 38.5 Å². The fraction of sp³-hybridized carbons (Fsp3) is 0.655. The first-order chi connectivity index (χ1) is 16.1. The summed E-state index contributed by atoms with van der Waals surface area (Å²) in [6, 6.07) is 0. The molecule has 188 valence electrons. The van der Waals surface area contributed by atoms with Gasteiger partial charge in [-0.3, -0.25) is 9.59 Å². The minimum atomic E-state index is -0.923. The first-order valence-electron chi connectivity index (χ1n) is 13.1. The molecular formula is C29H48O4.